The second kappa shape index (κ2) is 7.91. The summed E-state index contributed by atoms with van der Waals surface area (Å²) in [5.74, 6) is -1.67. The van der Waals surface area contributed by atoms with Crippen LogP contribution in [0.4, 0.5) is 0 Å². The first-order valence-electron chi connectivity index (χ1n) is 7.50. The lowest BCUT2D eigenvalue weighted by Crippen LogP contribution is -2.26. The van der Waals surface area contributed by atoms with E-state index in [4.69, 9.17) is 10.5 Å². The minimum atomic E-state index is -3.71. The summed E-state index contributed by atoms with van der Waals surface area (Å²) in [5, 5.41) is 0. The summed E-state index contributed by atoms with van der Waals surface area (Å²) in [6.45, 7) is 1.86. The van der Waals surface area contributed by atoms with Gasteiger partial charge in [-0.05, 0) is 18.2 Å². The van der Waals surface area contributed by atoms with Gasteiger partial charge in [0.25, 0.3) is 5.91 Å². The number of amides is 1. The molecule has 2 aromatic rings. The Morgan fingerprint density at radius 3 is 2.40 bits per heavy atom. The lowest BCUT2D eigenvalue weighted by Gasteiger charge is -2.15. The zero-order valence-corrected chi connectivity index (χ0v) is 14.3. The molecule has 132 valence electrons. The third kappa shape index (κ3) is 4.65. The van der Waals surface area contributed by atoms with Gasteiger partial charge < -0.3 is 10.5 Å². The Labute approximate surface area is 145 Å². The second-order valence-corrected chi connectivity index (χ2v) is 6.89. The maximum absolute atomic E-state index is 12.3. The molecule has 8 heteroatoms. The van der Waals surface area contributed by atoms with E-state index >= 15 is 0 Å². The van der Waals surface area contributed by atoms with Crippen LogP contribution in [0, 0.1) is 0 Å². The predicted molar refractivity (Wildman–Crippen MR) is 91.1 cm³/mol. The number of hydrogen-bond donors (Lipinski definition) is 2. The summed E-state index contributed by atoms with van der Waals surface area (Å²) in [5.41, 5.74) is 5.74. The van der Waals surface area contributed by atoms with Crippen molar-refractivity contribution < 1.29 is 22.7 Å². The molecule has 0 saturated heterocycles. The van der Waals surface area contributed by atoms with Crippen molar-refractivity contribution >= 4 is 21.9 Å². The van der Waals surface area contributed by atoms with Crippen LogP contribution in [0.25, 0.3) is 0 Å². The van der Waals surface area contributed by atoms with E-state index in [2.05, 4.69) is 4.72 Å². The molecule has 1 atom stereocenters. The lowest BCUT2D eigenvalue weighted by molar-refractivity contribution is -0.127. The quantitative estimate of drug-likeness (QED) is 0.722. The number of nitrogens with one attached hydrogen (secondary N) is 1. The third-order valence-corrected chi connectivity index (χ3v) is 4.84. The zero-order valence-electron chi connectivity index (χ0n) is 13.5. The minimum absolute atomic E-state index is 0.00107. The van der Waals surface area contributed by atoms with Gasteiger partial charge in [-0.25, -0.2) is 17.9 Å². The molecule has 2 rings (SSSR count). The minimum Gasteiger partial charge on any atom is -0.444 e. The van der Waals surface area contributed by atoms with Crippen LogP contribution >= 0.6 is 0 Å². The molecule has 0 aromatic heterocycles. The van der Waals surface area contributed by atoms with Gasteiger partial charge >= 0.3 is 5.97 Å². The van der Waals surface area contributed by atoms with Crippen LogP contribution in [0.3, 0.4) is 0 Å². The van der Waals surface area contributed by atoms with Crippen molar-refractivity contribution in [3.05, 3.63) is 65.7 Å². The van der Waals surface area contributed by atoms with E-state index < -0.39 is 28.0 Å². The number of carbonyl (C=O) groups is 2. The summed E-state index contributed by atoms with van der Waals surface area (Å²) in [6, 6.07) is 13.7. The van der Waals surface area contributed by atoms with E-state index in [1.54, 1.807) is 37.3 Å². The van der Waals surface area contributed by atoms with E-state index in [0.29, 0.717) is 5.56 Å². The van der Waals surface area contributed by atoms with Gasteiger partial charge in [0.1, 0.15) is 0 Å². The highest BCUT2D eigenvalue weighted by Gasteiger charge is 2.24. The third-order valence-electron chi connectivity index (χ3n) is 3.30. The van der Waals surface area contributed by atoms with Crippen LogP contribution in [0.5, 0.6) is 0 Å². The van der Waals surface area contributed by atoms with Gasteiger partial charge in [0.05, 0.1) is 10.5 Å². The van der Waals surface area contributed by atoms with Gasteiger partial charge in [0.15, 0.2) is 0 Å². The number of carbonyl (C=O) groups excluding carboxylic acids is 2. The first-order valence-corrected chi connectivity index (χ1v) is 8.98. The predicted octanol–water partition coefficient (Wildman–Crippen LogP) is 1.37. The molecule has 0 fully saturated rings. The normalized spacial score (nSPS) is 12.4. The standard InChI is InChI=1S/C17H18N2O5S/c1-2-19-25(22,23)14-10-6-9-13(11-14)17(21)24-15(16(18)20)12-7-4-3-5-8-12/h3-11,15,19H,2H2,1H3,(H2,18,20). The lowest BCUT2D eigenvalue weighted by atomic mass is 10.1. The Hall–Kier alpha value is -2.71. The van der Waals surface area contributed by atoms with E-state index in [1.807, 2.05) is 0 Å². The van der Waals surface area contributed by atoms with Crippen molar-refractivity contribution in [1.29, 1.82) is 0 Å². The molecule has 25 heavy (non-hydrogen) atoms. The Morgan fingerprint density at radius 2 is 1.80 bits per heavy atom. The largest absolute Gasteiger partial charge is 0.444 e. The number of nitrogens with two attached hydrogens (primary N) is 1. The first kappa shape index (κ1) is 18.6. The first-order chi connectivity index (χ1) is 11.8. The molecule has 0 bridgehead atoms. The van der Waals surface area contributed by atoms with E-state index in [-0.39, 0.29) is 17.0 Å². The second-order valence-electron chi connectivity index (χ2n) is 5.13. The molecule has 0 radical (unpaired) electrons. The van der Waals surface area contributed by atoms with Crippen LogP contribution in [0.15, 0.2) is 59.5 Å². The van der Waals surface area contributed by atoms with Crippen LogP contribution in [0.2, 0.25) is 0 Å². The SMILES string of the molecule is CCNS(=O)(=O)c1cccc(C(=O)OC(C(N)=O)c2ccccc2)c1. The highest BCUT2D eigenvalue weighted by atomic mass is 32.2. The number of benzene rings is 2. The zero-order chi connectivity index (χ0) is 18.4. The summed E-state index contributed by atoms with van der Waals surface area (Å²) in [6.07, 6.45) is -1.26. The molecule has 0 aliphatic rings. The molecule has 1 unspecified atom stereocenters. The smallest absolute Gasteiger partial charge is 0.339 e. The maximum Gasteiger partial charge on any atom is 0.339 e. The Kier molecular flexibility index (Phi) is 5.89. The van der Waals surface area contributed by atoms with Crippen molar-refractivity contribution in [2.24, 2.45) is 5.73 Å². The van der Waals surface area contributed by atoms with Crippen LogP contribution in [-0.2, 0) is 19.6 Å². The number of esters is 1. The summed E-state index contributed by atoms with van der Waals surface area (Å²) < 4.78 is 31.6. The van der Waals surface area contributed by atoms with Crippen molar-refractivity contribution in [2.45, 2.75) is 17.9 Å². The molecule has 3 N–H and O–H groups in total. The molecule has 0 aliphatic carbocycles. The summed E-state index contributed by atoms with van der Waals surface area (Å²) in [7, 11) is -3.71. The van der Waals surface area contributed by atoms with Gasteiger partial charge in [-0.15, -0.1) is 0 Å². The van der Waals surface area contributed by atoms with Crippen LogP contribution in [0.1, 0.15) is 28.9 Å². The van der Waals surface area contributed by atoms with Crippen molar-refractivity contribution in [2.75, 3.05) is 6.54 Å². The van der Waals surface area contributed by atoms with Gasteiger partial charge in [0, 0.05) is 12.1 Å². The fraction of sp³-hybridized carbons (Fsp3) is 0.176. The van der Waals surface area contributed by atoms with Crippen LogP contribution < -0.4 is 10.5 Å². The van der Waals surface area contributed by atoms with Crippen molar-refractivity contribution in [1.82, 2.24) is 4.72 Å². The average Bonchev–Trinajstić information content (AvgIpc) is 2.60. The molecular weight excluding hydrogens is 344 g/mol. The number of sulfonamides is 1. The molecular formula is C17H18N2O5S. The van der Waals surface area contributed by atoms with Gasteiger partial charge in [0.2, 0.25) is 16.1 Å². The van der Waals surface area contributed by atoms with E-state index in [1.165, 1.54) is 24.3 Å². The molecule has 0 spiro atoms. The number of hydrogen-bond acceptors (Lipinski definition) is 5. The topological polar surface area (TPSA) is 116 Å². The van der Waals surface area contributed by atoms with E-state index in [0.717, 1.165) is 0 Å². The average molecular weight is 362 g/mol. The maximum atomic E-state index is 12.3. The molecule has 1 amide bonds. The fourth-order valence-electron chi connectivity index (χ4n) is 2.16. The number of primary amides is 1. The summed E-state index contributed by atoms with van der Waals surface area (Å²) >= 11 is 0. The van der Waals surface area contributed by atoms with Gasteiger partial charge in [-0.3, -0.25) is 4.79 Å². The molecule has 0 heterocycles. The molecule has 2 aromatic carbocycles. The van der Waals surface area contributed by atoms with E-state index in [9.17, 15) is 18.0 Å². The number of rotatable bonds is 7. The van der Waals surface area contributed by atoms with Gasteiger partial charge in [-0.1, -0.05) is 43.3 Å². The van der Waals surface area contributed by atoms with Crippen molar-refractivity contribution in [3.8, 4) is 0 Å². The fourth-order valence-corrected chi connectivity index (χ4v) is 3.24. The highest BCUT2D eigenvalue weighted by Crippen LogP contribution is 2.20. The Bertz CT molecular complexity index is 866. The van der Waals surface area contributed by atoms with Gasteiger partial charge in [-0.2, -0.15) is 0 Å². The van der Waals surface area contributed by atoms with Crippen LogP contribution in [-0.4, -0.2) is 26.8 Å². The Balaban J connectivity index is 2.27. The monoisotopic (exact) mass is 362 g/mol. The summed E-state index contributed by atoms with van der Waals surface area (Å²) in [4.78, 5) is 23.9. The molecule has 7 nitrogen and oxygen atoms in total. The Morgan fingerprint density at radius 1 is 1.12 bits per heavy atom. The number of ether oxygens (including phenoxy) is 1. The molecule has 0 saturated carbocycles. The highest BCUT2D eigenvalue weighted by molar-refractivity contribution is 7.89. The molecule has 0 aliphatic heterocycles. The van der Waals surface area contributed by atoms with Crippen molar-refractivity contribution in [3.63, 3.8) is 0 Å².